The van der Waals surface area contributed by atoms with Gasteiger partial charge in [-0.15, -0.1) is 0 Å². The Bertz CT molecular complexity index is 415. The maximum atomic E-state index is 13.3. The third kappa shape index (κ3) is 4.04. The van der Waals surface area contributed by atoms with Gasteiger partial charge in [0.05, 0.1) is 11.4 Å². The average Bonchev–Trinajstić information content (AvgIpc) is 2.22. The highest BCUT2D eigenvalue weighted by molar-refractivity contribution is 5.78. The Labute approximate surface area is 93.9 Å². The normalized spacial score (nSPS) is 12.2. The monoisotopic (exact) mass is 224 g/mol. The Morgan fingerprint density at radius 1 is 1.12 bits per heavy atom. The van der Waals surface area contributed by atoms with Crippen molar-refractivity contribution in [2.45, 2.75) is 6.92 Å². The van der Waals surface area contributed by atoms with Crippen LogP contribution in [0.1, 0.15) is 6.92 Å². The second kappa shape index (κ2) is 5.80. The van der Waals surface area contributed by atoms with Crippen molar-refractivity contribution in [3.8, 4) is 0 Å². The zero-order valence-corrected chi connectivity index (χ0v) is 9.19. The third-order valence-corrected chi connectivity index (χ3v) is 1.53. The average molecular weight is 224 g/mol. The molecule has 0 aliphatic rings. The first kappa shape index (κ1) is 14.0. The Morgan fingerprint density at radius 3 is 2.00 bits per heavy atom. The van der Waals surface area contributed by atoms with Gasteiger partial charge in [0.2, 0.25) is 0 Å². The summed E-state index contributed by atoms with van der Waals surface area (Å²) in [5, 5.41) is 0. The van der Waals surface area contributed by atoms with Gasteiger partial charge in [-0.25, -0.2) is 8.78 Å². The number of nitrogens with zero attached hydrogens (tertiary/aromatic N) is 1. The molecule has 0 saturated heterocycles. The Balaban J connectivity index is 4.96. The van der Waals surface area contributed by atoms with E-state index in [1.165, 1.54) is 6.21 Å². The minimum Gasteiger partial charge on any atom is -0.397 e. The van der Waals surface area contributed by atoms with E-state index in [2.05, 4.69) is 31.3 Å². The molecular weight excluding hydrogens is 210 g/mol. The van der Waals surface area contributed by atoms with Crippen LogP contribution in [0.3, 0.4) is 0 Å². The van der Waals surface area contributed by atoms with Crippen LogP contribution in [0.15, 0.2) is 65.5 Å². The molecule has 4 heteroatoms. The van der Waals surface area contributed by atoms with E-state index in [4.69, 9.17) is 5.73 Å². The molecule has 0 saturated carbocycles. The Morgan fingerprint density at radius 2 is 1.62 bits per heavy atom. The number of nitrogens with two attached hydrogens (primary N) is 1. The number of allylic oxidation sites excluding steroid dienone is 3. The van der Waals surface area contributed by atoms with Crippen LogP contribution in [0.4, 0.5) is 8.78 Å². The first-order valence-electron chi connectivity index (χ1n) is 4.35. The summed E-state index contributed by atoms with van der Waals surface area (Å²) in [6, 6.07) is 0. The van der Waals surface area contributed by atoms with Crippen LogP contribution in [0.25, 0.3) is 0 Å². The molecule has 0 atom stereocenters. The molecule has 0 heterocycles. The Hall–Kier alpha value is -1.97. The predicted octanol–water partition coefficient (Wildman–Crippen LogP) is 3.33. The number of aliphatic imine (C=N–C) groups is 1. The molecule has 0 aromatic carbocycles. The molecule has 16 heavy (non-hydrogen) atoms. The van der Waals surface area contributed by atoms with E-state index in [9.17, 15) is 8.78 Å². The summed E-state index contributed by atoms with van der Waals surface area (Å²) in [6.45, 7) is 15.1. The summed E-state index contributed by atoms with van der Waals surface area (Å²) >= 11 is 0. The second-order valence-corrected chi connectivity index (χ2v) is 3.18. The van der Waals surface area contributed by atoms with Gasteiger partial charge in [-0.05, 0) is 12.5 Å². The molecule has 0 unspecified atom stereocenters. The molecule has 0 rings (SSSR count). The molecule has 0 bridgehead atoms. The molecule has 0 aliphatic heterocycles. The molecule has 0 spiro atoms. The molecule has 0 amide bonds. The summed E-state index contributed by atoms with van der Waals surface area (Å²) in [4.78, 5) is 3.76. The van der Waals surface area contributed by atoms with Crippen molar-refractivity contribution in [1.82, 2.24) is 0 Å². The molecule has 0 aliphatic carbocycles. The molecule has 2 N–H and O–H groups in total. The van der Waals surface area contributed by atoms with E-state index in [1.54, 1.807) is 6.92 Å². The van der Waals surface area contributed by atoms with E-state index >= 15 is 0 Å². The quantitative estimate of drug-likeness (QED) is 0.564. The standard InChI is InChI=1S/C12H14F2N2/c1-7(2)6-16-10(5)8(3)11(13)12(14)9(4)15/h6H,1,3-5,15H2,2H3/b12-11-,16-6?. The van der Waals surface area contributed by atoms with Crippen molar-refractivity contribution in [2.24, 2.45) is 10.7 Å². The minimum atomic E-state index is -1.25. The van der Waals surface area contributed by atoms with Gasteiger partial charge in [-0.1, -0.05) is 26.3 Å². The van der Waals surface area contributed by atoms with Crippen LogP contribution in [-0.2, 0) is 0 Å². The molecule has 2 nitrogen and oxygen atoms in total. The molecule has 0 fully saturated rings. The second-order valence-electron chi connectivity index (χ2n) is 3.18. The van der Waals surface area contributed by atoms with Crippen LogP contribution in [-0.4, -0.2) is 6.21 Å². The van der Waals surface area contributed by atoms with E-state index in [0.29, 0.717) is 5.57 Å². The van der Waals surface area contributed by atoms with Gasteiger partial charge in [0.1, 0.15) is 0 Å². The third-order valence-electron chi connectivity index (χ3n) is 1.53. The zero-order chi connectivity index (χ0) is 12.9. The summed E-state index contributed by atoms with van der Waals surface area (Å²) in [6.07, 6.45) is 1.37. The summed E-state index contributed by atoms with van der Waals surface area (Å²) < 4.78 is 26.4. The van der Waals surface area contributed by atoms with Crippen LogP contribution in [0.2, 0.25) is 0 Å². The maximum absolute atomic E-state index is 13.3. The Kier molecular flexibility index (Phi) is 5.09. The molecule has 0 aromatic rings. The minimum absolute atomic E-state index is 0.00287. The molecular formula is C12H14F2N2. The fourth-order valence-electron chi connectivity index (χ4n) is 0.666. The van der Waals surface area contributed by atoms with Gasteiger partial charge < -0.3 is 5.73 Å². The number of rotatable bonds is 5. The van der Waals surface area contributed by atoms with Gasteiger partial charge in [0.25, 0.3) is 0 Å². The lowest BCUT2D eigenvalue weighted by Crippen LogP contribution is -1.99. The van der Waals surface area contributed by atoms with Gasteiger partial charge in [0.15, 0.2) is 11.7 Å². The van der Waals surface area contributed by atoms with Crippen LogP contribution in [0, 0.1) is 0 Å². The summed E-state index contributed by atoms with van der Waals surface area (Å²) in [5.74, 6) is -2.46. The number of hydrogen-bond acceptors (Lipinski definition) is 2. The van der Waals surface area contributed by atoms with Gasteiger partial charge >= 0.3 is 0 Å². The smallest absolute Gasteiger partial charge is 0.181 e. The van der Waals surface area contributed by atoms with E-state index in [0.717, 1.165) is 0 Å². The largest absolute Gasteiger partial charge is 0.397 e. The number of hydrogen-bond donors (Lipinski definition) is 1. The molecule has 0 aromatic heterocycles. The van der Waals surface area contributed by atoms with Gasteiger partial charge in [-0.2, -0.15) is 0 Å². The van der Waals surface area contributed by atoms with Crippen molar-refractivity contribution >= 4 is 6.21 Å². The van der Waals surface area contributed by atoms with Crippen LogP contribution >= 0.6 is 0 Å². The van der Waals surface area contributed by atoms with Crippen molar-refractivity contribution in [3.63, 3.8) is 0 Å². The van der Waals surface area contributed by atoms with Crippen molar-refractivity contribution in [3.05, 3.63) is 60.5 Å². The van der Waals surface area contributed by atoms with Crippen molar-refractivity contribution < 1.29 is 8.78 Å². The SMILES string of the molecule is C=C(C)C=NC(=C)C(=C)/C(F)=C(/F)C(=C)N. The predicted molar refractivity (Wildman–Crippen MR) is 64.2 cm³/mol. The van der Waals surface area contributed by atoms with E-state index in [1.807, 2.05) is 0 Å². The van der Waals surface area contributed by atoms with E-state index < -0.39 is 17.4 Å². The zero-order valence-electron chi connectivity index (χ0n) is 9.19. The highest BCUT2D eigenvalue weighted by Crippen LogP contribution is 2.24. The topological polar surface area (TPSA) is 38.4 Å². The maximum Gasteiger partial charge on any atom is 0.181 e. The number of halogens is 2. The van der Waals surface area contributed by atoms with Crippen molar-refractivity contribution in [2.75, 3.05) is 0 Å². The first-order valence-corrected chi connectivity index (χ1v) is 4.35. The molecule has 86 valence electrons. The fraction of sp³-hybridized carbons (Fsp3) is 0.0833. The van der Waals surface area contributed by atoms with E-state index in [-0.39, 0.29) is 11.3 Å². The summed E-state index contributed by atoms with van der Waals surface area (Å²) in [7, 11) is 0. The van der Waals surface area contributed by atoms with Crippen LogP contribution < -0.4 is 5.73 Å². The highest BCUT2D eigenvalue weighted by atomic mass is 19.2. The van der Waals surface area contributed by atoms with Crippen LogP contribution in [0.5, 0.6) is 0 Å². The summed E-state index contributed by atoms with van der Waals surface area (Å²) in [5.41, 5.74) is 4.88. The van der Waals surface area contributed by atoms with Crippen molar-refractivity contribution in [1.29, 1.82) is 0 Å². The lowest BCUT2D eigenvalue weighted by molar-refractivity contribution is 0.556. The molecule has 0 radical (unpaired) electrons. The van der Waals surface area contributed by atoms with Gasteiger partial charge in [0, 0.05) is 11.8 Å². The van der Waals surface area contributed by atoms with Gasteiger partial charge in [-0.3, -0.25) is 4.99 Å². The fourth-order valence-corrected chi connectivity index (χ4v) is 0.666. The lowest BCUT2D eigenvalue weighted by atomic mass is 10.2. The lowest BCUT2D eigenvalue weighted by Gasteiger charge is -2.04. The highest BCUT2D eigenvalue weighted by Gasteiger charge is 2.13. The first-order chi connectivity index (χ1) is 7.27.